The van der Waals surface area contributed by atoms with Gasteiger partial charge < -0.3 is 14.2 Å². The summed E-state index contributed by atoms with van der Waals surface area (Å²) in [4.78, 5) is 5.14. The van der Waals surface area contributed by atoms with Gasteiger partial charge in [0.15, 0.2) is 0 Å². The van der Waals surface area contributed by atoms with Crippen molar-refractivity contribution < 1.29 is 4.42 Å². The lowest BCUT2D eigenvalue weighted by Crippen LogP contribution is -2.28. The maximum absolute atomic E-state index is 7.04. The van der Waals surface area contributed by atoms with Crippen LogP contribution in [0.4, 0.5) is 34.1 Å². The Bertz CT molecular complexity index is 9110. The molecule has 0 N–H and O–H groups in total. The van der Waals surface area contributed by atoms with Crippen LogP contribution in [0.25, 0.3) is 154 Å². The first kappa shape index (κ1) is 81.4. The molecule has 3 heteroatoms. The molecule has 23 aromatic rings. The number of anilines is 6. The predicted octanol–water partition coefficient (Wildman–Crippen LogP) is 36.3. The van der Waals surface area contributed by atoms with Gasteiger partial charge in [-0.2, -0.15) is 0 Å². The summed E-state index contributed by atoms with van der Waals surface area (Å²) in [6, 6.07) is 180. The number of furan rings is 1. The van der Waals surface area contributed by atoms with Gasteiger partial charge in [-0.3, -0.25) is 0 Å². The molecular weight excluding hydrogens is 1690 g/mol. The number of rotatable bonds is 14. The zero-order valence-electron chi connectivity index (χ0n) is 78.8. The lowest BCUT2D eigenvalue weighted by atomic mass is 9.67. The van der Waals surface area contributed by atoms with E-state index in [0.29, 0.717) is 0 Å². The van der Waals surface area contributed by atoms with Crippen molar-refractivity contribution in [3.8, 4) is 100 Å². The molecule has 5 aliphatic carbocycles. The van der Waals surface area contributed by atoms with Gasteiger partial charge in [-0.1, -0.05) is 430 Å². The Hall–Kier alpha value is -17.0. The fourth-order valence-electron chi connectivity index (χ4n) is 26.3. The lowest BCUT2D eigenvalue weighted by molar-refractivity contribution is 0.661. The molecule has 0 bridgehead atoms. The Labute approximate surface area is 816 Å². The highest BCUT2D eigenvalue weighted by atomic mass is 16.3. The van der Waals surface area contributed by atoms with Crippen LogP contribution in [0.5, 0.6) is 0 Å². The highest BCUT2D eigenvalue weighted by Gasteiger charge is 2.50. The van der Waals surface area contributed by atoms with Crippen LogP contribution in [0, 0.1) is 0 Å². The minimum absolute atomic E-state index is 0.291. The van der Waals surface area contributed by atoms with E-state index in [1.54, 1.807) is 0 Å². The van der Waals surface area contributed by atoms with Gasteiger partial charge in [0.2, 0.25) is 0 Å². The molecule has 0 aliphatic heterocycles. The third-order valence-corrected chi connectivity index (χ3v) is 32.5. The van der Waals surface area contributed by atoms with E-state index in [4.69, 9.17) is 4.42 Å². The molecule has 0 fully saturated rings. The number of benzene rings is 22. The number of fused-ring (bicyclic) bond motifs is 23. The third-order valence-electron chi connectivity index (χ3n) is 32.5. The quantitative estimate of drug-likeness (QED) is 0.108. The summed E-state index contributed by atoms with van der Waals surface area (Å²) < 4.78 is 7.04. The van der Waals surface area contributed by atoms with E-state index in [0.717, 1.165) is 83.9 Å². The Balaban J connectivity index is 0.576. The van der Waals surface area contributed by atoms with E-state index in [2.05, 4.69) is 525 Å². The molecule has 5 aliphatic rings. The van der Waals surface area contributed by atoms with Crippen LogP contribution in [-0.2, 0) is 27.1 Å². The molecule has 660 valence electrons. The van der Waals surface area contributed by atoms with Gasteiger partial charge in [0.05, 0.1) is 22.2 Å². The van der Waals surface area contributed by atoms with E-state index in [-0.39, 0.29) is 16.2 Å². The van der Waals surface area contributed by atoms with Crippen molar-refractivity contribution in [2.45, 2.75) is 68.6 Å². The molecule has 0 saturated heterocycles. The zero-order chi connectivity index (χ0) is 93.2. The van der Waals surface area contributed by atoms with E-state index in [1.807, 2.05) is 0 Å². The standard InChI is InChI=1S/C137H96N2O/c1-133(2)121-75-64-87-36-21-22-45-100(87)128(121)112-74-68-98(83-123(112)133)139(126-58-30-26-49-107(126)109-52-32-53-110-114-79-88-37-19-20-38-89(88)80-122(114)135(5,6)131(109)110)99-67-73-105-103-46-23-27-55-118(103)137(124(105)84-99,94-43-17-10-18-44-94)95-65-60-85(61-66-95)90-62-71-101-91(78-90)63-72-111-116-82-96(69-76-117(116)134(3,4)130(101)111)138(97-70-77-120-115(81-97)104-47-24-28-56-119(104)136(120,92-39-13-8-14-40-92)93-41-15-9-16-42-93)125-57-29-25-48-106(125)108-51-33-59-127-129(108)113-54-31-50-102(132(113)140-127)86-34-11-7-12-35-86/h7-84H,1-6H3. The molecule has 0 saturated carbocycles. The van der Waals surface area contributed by atoms with Crippen molar-refractivity contribution in [3.05, 3.63) is 551 Å². The van der Waals surface area contributed by atoms with Gasteiger partial charge in [0.1, 0.15) is 11.2 Å². The molecule has 28 rings (SSSR count). The molecule has 1 heterocycles. The van der Waals surface area contributed by atoms with Crippen molar-refractivity contribution in [3.63, 3.8) is 0 Å². The van der Waals surface area contributed by atoms with E-state index in [1.165, 1.54) is 183 Å². The Morgan fingerprint density at radius 2 is 0.607 bits per heavy atom. The molecular formula is C137H96N2O. The fraction of sp³-hybridized carbons (Fsp3) is 0.0803. The van der Waals surface area contributed by atoms with Gasteiger partial charge in [0.25, 0.3) is 0 Å². The van der Waals surface area contributed by atoms with Crippen molar-refractivity contribution in [1.29, 1.82) is 0 Å². The van der Waals surface area contributed by atoms with Crippen LogP contribution in [0.3, 0.4) is 0 Å². The summed E-state index contributed by atoms with van der Waals surface area (Å²) in [5, 5.41) is 9.72. The zero-order valence-corrected chi connectivity index (χ0v) is 78.8. The molecule has 1 unspecified atom stereocenters. The summed E-state index contributed by atoms with van der Waals surface area (Å²) in [6.07, 6.45) is 0. The van der Waals surface area contributed by atoms with Gasteiger partial charge in [-0.05, 0) is 279 Å². The molecule has 1 atom stereocenters. The van der Waals surface area contributed by atoms with Crippen molar-refractivity contribution in [1.82, 2.24) is 0 Å². The normalized spacial score (nSPS) is 15.2. The maximum Gasteiger partial charge on any atom is 0.143 e. The van der Waals surface area contributed by atoms with Crippen LogP contribution in [0.15, 0.2) is 478 Å². The van der Waals surface area contributed by atoms with Crippen LogP contribution < -0.4 is 9.80 Å². The molecule has 22 aromatic carbocycles. The highest BCUT2D eigenvalue weighted by molar-refractivity contribution is 6.17. The highest BCUT2D eigenvalue weighted by Crippen LogP contribution is 2.64. The van der Waals surface area contributed by atoms with Crippen LogP contribution in [0.1, 0.15) is 119 Å². The van der Waals surface area contributed by atoms with Crippen LogP contribution in [0.2, 0.25) is 0 Å². The minimum atomic E-state index is -0.733. The van der Waals surface area contributed by atoms with E-state index < -0.39 is 10.8 Å². The van der Waals surface area contributed by atoms with Gasteiger partial charge in [-0.15, -0.1) is 0 Å². The third kappa shape index (κ3) is 11.6. The second-order valence-corrected chi connectivity index (χ2v) is 40.7. The first-order valence-electron chi connectivity index (χ1n) is 49.3. The molecule has 0 amide bonds. The predicted molar refractivity (Wildman–Crippen MR) is 585 cm³/mol. The summed E-state index contributed by atoms with van der Waals surface area (Å²) in [5.41, 5.74) is 45.8. The van der Waals surface area contributed by atoms with Gasteiger partial charge in [0, 0.05) is 66.5 Å². The Morgan fingerprint density at radius 3 is 1.28 bits per heavy atom. The molecule has 0 radical (unpaired) electrons. The minimum Gasteiger partial charge on any atom is -0.455 e. The van der Waals surface area contributed by atoms with Gasteiger partial charge >= 0.3 is 0 Å². The molecule has 3 nitrogen and oxygen atoms in total. The second kappa shape index (κ2) is 30.5. The summed E-state index contributed by atoms with van der Waals surface area (Å²) in [7, 11) is 0. The Morgan fingerprint density at radius 1 is 0.193 bits per heavy atom. The van der Waals surface area contributed by atoms with Crippen molar-refractivity contribution in [2.75, 3.05) is 9.80 Å². The largest absolute Gasteiger partial charge is 0.455 e. The number of para-hydroxylation sites is 3. The Kier molecular flexibility index (Phi) is 17.7. The van der Waals surface area contributed by atoms with Crippen LogP contribution >= 0.6 is 0 Å². The fourth-order valence-corrected chi connectivity index (χ4v) is 26.3. The van der Waals surface area contributed by atoms with Crippen LogP contribution in [-0.4, -0.2) is 0 Å². The SMILES string of the molecule is CC1(C)c2cc(N(c3ccc4c(c3)C(c3ccccc3)(c3ccc(-c5ccc6c7c(ccc6c5)-c5cc(N(c6ccc8c(c6)-c6ccccc6C8(c6ccccc6)c6ccccc6)c6ccccc6-c6cccc8oc9c(-c%10ccccc%10)cccc9c68)ccc5C7(C)C)cc3)c3ccccc3-4)c3ccccc3-c3cccc4c3C(C)(C)c3cc5ccccc5cc3-4)ccc2-c2c1ccc1ccccc21. The van der Waals surface area contributed by atoms with Crippen molar-refractivity contribution in [2.24, 2.45) is 0 Å². The number of nitrogens with zero attached hydrogens (tertiary/aromatic N) is 2. The lowest BCUT2D eigenvalue weighted by Gasteiger charge is -2.35. The first-order valence-corrected chi connectivity index (χ1v) is 49.3. The van der Waals surface area contributed by atoms with Crippen molar-refractivity contribution >= 4 is 88.4 Å². The topological polar surface area (TPSA) is 19.6 Å². The number of hydrogen-bond donors (Lipinski definition) is 0. The van der Waals surface area contributed by atoms with E-state index >= 15 is 0 Å². The smallest absolute Gasteiger partial charge is 0.143 e. The average Bonchev–Trinajstić information content (AvgIpc) is 1.54. The molecule has 0 spiro atoms. The van der Waals surface area contributed by atoms with E-state index in [9.17, 15) is 0 Å². The monoisotopic (exact) mass is 1780 g/mol. The summed E-state index contributed by atoms with van der Waals surface area (Å²) >= 11 is 0. The number of hydrogen-bond acceptors (Lipinski definition) is 3. The first-order chi connectivity index (χ1) is 68.7. The molecule has 1 aromatic heterocycles. The average molecular weight is 1790 g/mol. The van der Waals surface area contributed by atoms with Gasteiger partial charge in [-0.25, -0.2) is 0 Å². The second-order valence-electron chi connectivity index (χ2n) is 40.7. The summed E-state index contributed by atoms with van der Waals surface area (Å²) in [5.74, 6) is 0. The summed E-state index contributed by atoms with van der Waals surface area (Å²) in [6.45, 7) is 14.6. The molecule has 140 heavy (non-hydrogen) atoms. The maximum atomic E-state index is 7.04.